The molecule has 10 rings (SSSR count). The van der Waals surface area contributed by atoms with Crippen LogP contribution >= 0.6 is 0 Å². The Morgan fingerprint density at radius 3 is 0.819 bits per heavy atom. The molecule has 10 aliphatic rings. The number of carbonyl (C=O) groups excluding carboxylic acids is 2. The third-order valence-corrected chi connectivity index (χ3v) is 21.9. The van der Waals surface area contributed by atoms with Crippen LogP contribution in [0.5, 0.6) is 0 Å². The van der Waals surface area contributed by atoms with Crippen LogP contribution in [0.3, 0.4) is 0 Å². The fraction of sp³-hybridized carbons (Fsp3) is 0.970. The number of nitrogens with one attached hydrogen (secondary N) is 2. The molecule has 0 radical (unpaired) electrons. The van der Waals surface area contributed by atoms with Gasteiger partial charge in [-0.2, -0.15) is 0 Å². The third kappa shape index (κ3) is 21.0. The second kappa shape index (κ2) is 42.2. The minimum Gasteiger partial charge on any atom is -0.394 e. The first-order valence-corrected chi connectivity index (χ1v) is 37.6. The fourth-order valence-corrected chi connectivity index (χ4v) is 15.1. The van der Waals surface area contributed by atoms with E-state index in [1.165, 1.54) is 27.7 Å². The van der Waals surface area contributed by atoms with Gasteiger partial charge in [-0.3, -0.25) is 9.59 Å². The Labute approximate surface area is 659 Å². The first-order chi connectivity index (χ1) is 54.8. The molecule has 50 atom stereocenters. The van der Waals surface area contributed by atoms with Crippen LogP contribution in [0.2, 0.25) is 0 Å². The molecule has 0 aromatic rings. The van der Waals surface area contributed by atoms with E-state index in [0.29, 0.717) is 0 Å². The SMILES string of the molecule is CC(=O)NC1[C@H](O[C@@H]2C(O)[C@@H](O[C@H]3C(CO)O[C@@H](O[C@@H]4C(CO)O[C@@H](C)C(O)[C@H]4O)C(O)[C@H]3O)OC(CO)[C@@H]2O)OC(CO)[C@H](O)[C@@H]1O[C@@H]1OC(CO)[C@H](O)[C@H](O)C1O[C@@H]1OC(C)[C@@H](O)[C@H](O)C1O.CC(=O)NC1[C@H](O[C@@H]2C(O)[C@H](C)OC(CO)[C@@H]2O)OC(CO)[C@H](O)[C@@H]1O[C@@H]1OC(CO)[C@H](O)[C@H](O)C1O[C@@H]1OC(C)[C@@H](O)[C@H](O)C1O. The predicted molar refractivity (Wildman–Crippen MR) is 360 cm³/mol. The highest BCUT2D eigenvalue weighted by atomic mass is 16.8. The van der Waals surface area contributed by atoms with E-state index in [9.17, 15) is 153 Å². The van der Waals surface area contributed by atoms with Gasteiger partial charge in [-0.25, -0.2) is 0 Å². The molecule has 0 bridgehead atoms. The predicted octanol–water partition coefficient (Wildman–Crippen LogP) is -19.4. The van der Waals surface area contributed by atoms with E-state index >= 15 is 0 Å². The highest BCUT2D eigenvalue weighted by Crippen LogP contribution is 2.40. The molecule has 30 N–H and O–H groups in total. The Kier molecular flexibility index (Phi) is 35.2. The number of hydrogen-bond donors (Lipinski definition) is 30. The summed E-state index contributed by atoms with van der Waals surface area (Å²) in [7, 11) is 0. The smallest absolute Gasteiger partial charge is 0.217 e. The van der Waals surface area contributed by atoms with Crippen LogP contribution in [0.4, 0.5) is 0 Å². The molecule has 10 fully saturated rings. The zero-order chi connectivity index (χ0) is 85.8. The van der Waals surface area contributed by atoms with Gasteiger partial charge in [-0.15, -0.1) is 0 Å². The second-order valence-electron chi connectivity index (χ2n) is 30.0. The van der Waals surface area contributed by atoms with Crippen molar-refractivity contribution in [3.63, 3.8) is 0 Å². The second-order valence-corrected chi connectivity index (χ2v) is 30.0. The first-order valence-electron chi connectivity index (χ1n) is 37.6. The summed E-state index contributed by atoms with van der Waals surface area (Å²) in [6.45, 7) is 0.742. The van der Waals surface area contributed by atoms with E-state index in [1.807, 2.05) is 0 Å². The Hall–Kier alpha value is -2.90. The molecular formula is C66H114N2O48. The summed E-state index contributed by atoms with van der Waals surface area (Å²) < 4.78 is 103. The highest BCUT2D eigenvalue weighted by molar-refractivity contribution is 5.73. The lowest BCUT2D eigenvalue weighted by Crippen LogP contribution is -2.70. The average Bonchev–Trinajstić information content (AvgIpc) is 0.768. The molecule has 20 unspecified atom stereocenters. The van der Waals surface area contributed by atoms with Gasteiger partial charge in [0.2, 0.25) is 11.8 Å². The highest BCUT2D eigenvalue weighted by Gasteiger charge is 2.61. The van der Waals surface area contributed by atoms with Crippen molar-refractivity contribution in [1.82, 2.24) is 10.6 Å². The molecule has 0 aromatic carbocycles. The summed E-state index contributed by atoms with van der Waals surface area (Å²) in [5.41, 5.74) is 0. The largest absolute Gasteiger partial charge is 0.394 e. The number of ether oxygens (including phenoxy) is 18. The van der Waals surface area contributed by atoms with Crippen molar-refractivity contribution >= 4 is 11.8 Å². The van der Waals surface area contributed by atoms with Crippen LogP contribution < -0.4 is 10.6 Å². The topological polar surface area (TPSA) is 791 Å². The molecule has 676 valence electrons. The van der Waals surface area contributed by atoms with E-state index in [4.69, 9.17) is 85.3 Å². The lowest BCUT2D eigenvalue weighted by Gasteiger charge is -2.51. The van der Waals surface area contributed by atoms with Crippen LogP contribution in [0.1, 0.15) is 41.5 Å². The lowest BCUT2D eigenvalue weighted by molar-refractivity contribution is -0.392. The number of amides is 2. The van der Waals surface area contributed by atoms with Crippen molar-refractivity contribution < 1.29 is 238 Å². The fourth-order valence-electron chi connectivity index (χ4n) is 15.1. The molecule has 2 amide bonds. The Morgan fingerprint density at radius 1 is 0.216 bits per heavy atom. The van der Waals surface area contributed by atoms with Crippen LogP contribution in [-0.2, 0) is 94.9 Å². The number of hydrogen-bond acceptors (Lipinski definition) is 48. The molecule has 0 spiro atoms. The van der Waals surface area contributed by atoms with Gasteiger partial charge < -0.3 is 239 Å². The molecule has 50 heteroatoms. The molecule has 116 heavy (non-hydrogen) atoms. The van der Waals surface area contributed by atoms with Crippen LogP contribution in [0.25, 0.3) is 0 Å². The van der Waals surface area contributed by atoms with E-state index in [0.717, 1.165) is 13.8 Å². The lowest BCUT2D eigenvalue weighted by atomic mass is 9.93. The standard InChI is InChI=1S/C39H67NO29.C27H47NO19/c1-9-19(48)24(53)30(15(7-44)59-9)65-37-28(57)26(55)31(16(8-45)64-37)66-38-29(58)33(22(51)14(6-43)62-38)68-35-17(40-11(3)46)32(21(50)13(5-42)61-35)67-39-34(25(54)20(49)12(4-41)63-39)69-36-27(56)23(52)18(47)10(2)60-36;1-7-14(33)19(38)21(40)26(42-7)47-24-20(39)16(35)10(4-29)44-27(24)45-22-13(28-9(3)32)25(43-12(6-31)17(22)36)46-23-15(34)8(2)41-11(5-30)18(23)37/h9-10,12-39,41-45,47-58H,4-8H2,1-3H3,(H,40,46);7-8,10-27,29-31,33-40H,4-6H2,1-3H3,(H,28,32)/t9-,10?,12?,13?,14?,15?,16?,17?,18+,19?,20-,21-,22-,23-,24+,25-,26+,27?,28?,29?,30+,31-,32+,33-,34?,35-,36-,37-,38+,39-;7?,8-,10?,11?,12?,13?,14+,15?,16-,17-,18-,19-,20-,21?,22+,23+,24?,25-,26-,27-/m00/s1. The van der Waals surface area contributed by atoms with Gasteiger partial charge in [-0.1, -0.05) is 0 Å². The van der Waals surface area contributed by atoms with Gasteiger partial charge in [0, 0.05) is 13.8 Å². The summed E-state index contributed by atoms with van der Waals surface area (Å²) in [4.78, 5) is 25.1. The molecule has 10 saturated heterocycles. The Morgan fingerprint density at radius 2 is 0.440 bits per heavy atom. The molecule has 10 aliphatic heterocycles. The number of carbonyl (C=O) groups is 2. The van der Waals surface area contributed by atoms with Crippen molar-refractivity contribution in [2.75, 3.05) is 52.9 Å². The zero-order valence-corrected chi connectivity index (χ0v) is 63.2. The summed E-state index contributed by atoms with van der Waals surface area (Å²) in [5.74, 6) is -1.55. The molecule has 0 aromatic heterocycles. The summed E-state index contributed by atoms with van der Waals surface area (Å²) in [5, 5.41) is 302. The molecular weight excluding hydrogens is 1590 g/mol. The van der Waals surface area contributed by atoms with Crippen LogP contribution in [0.15, 0.2) is 0 Å². The van der Waals surface area contributed by atoms with Gasteiger partial charge in [-0.05, 0) is 27.7 Å². The minimum atomic E-state index is -2.19. The van der Waals surface area contributed by atoms with Crippen molar-refractivity contribution in [3.05, 3.63) is 0 Å². The summed E-state index contributed by atoms with van der Waals surface area (Å²) >= 11 is 0. The Balaban J connectivity index is 0.000000285. The van der Waals surface area contributed by atoms with Crippen molar-refractivity contribution in [1.29, 1.82) is 0 Å². The number of aliphatic hydroxyl groups is 28. The van der Waals surface area contributed by atoms with Crippen LogP contribution in [-0.4, -0.2) is 514 Å². The molecule has 0 aliphatic carbocycles. The van der Waals surface area contributed by atoms with E-state index in [1.54, 1.807) is 0 Å². The van der Waals surface area contributed by atoms with E-state index in [-0.39, 0.29) is 0 Å². The number of rotatable bonds is 26. The zero-order valence-electron chi connectivity index (χ0n) is 63.2. The van der Waals surface area contributed by atoms with Crippen LogP contribution in [0, 0.1) is 0 Å². The molecule has 10 heterocycles. The van der Waals surface area contributed by atoms with Gasteiger partial charge in [0.15, 0.2) is 50.3 Å². The quantitative estimate of drug-likeness (QED) is 0.0382. The summed E-state index contributed by atoms with van der Waals surface area (Å²) in [6.07, 6.45) is -81.7. The van der Waals surface area contributed by atoms with Gasteiger partial charge in [0.1, 0.15) is 232 Å². The monoisotopic (exact) mass is 1700 g/mol. The molecule has 50 nitrogen and oxygen atoms in total. The summed E-state index contributed by atoms with van der Waals surface area (Å²) in [6, 6.07) is -3.28. The van der Waals surface area contributed by atoms with Crippen molar-refractivity contribution in [3.8, 4) is 0 Å². The van der Waals surface area contributed by atoms with Gasteiger partial charge >= 0.3 is 0 Å². The maximum Gasteiger partial charge on any atom is 0.217 e. The van der Waals surface area contributed by atoms with Crippen molar-refractivity contribution in [2.45, 2.75) is 348 Å². The molecule has 0 saturated carbocycles. The Bertz CT molecular complexity index is 2990. The normalized spacial score (nSPS) is 51.6. The van der Waals surface area contributed by atoms with Gasteiger partial charge in [0.05, 0.1) is 77.3 Å². The maximum absolute atomic E-state index is 12.8. The maximum atomic E-state index is 12.8. The number of aliphatic hydroxyl groups excluding tert-OH is 28. The van der Waals surface area contributed by atoms with E-state index in [2.05, 4.69) is 10.6 Å². The third-order valence-electron chi connectivity index (χ3n) is 21.9. The average molecular weight is 1700 g/mol. The minimum absolute atomic E-state index is 0.642. The van der Waals surface area contributed by atoms with Gasteiger partial charge in [0.25, 0.3) is 0 Å². The van der Waals surface area contributed by atoms with E-state index < -0.39 is 371 Å². The van der Waals surface area contributed by atoms with Crippen molar-refractivity contribution in [2.24, 2.45) is 0 Å². The first kappa shape index (κ1) is 96.9.